The van der Waals surface area contributed by atoms with Crippen molar-refractivity contribution >= 4 is 20.7 Å². The van der Waals surface area contributed by atoms with Crippen LogP contribution in [0, 0.1) is 18.3 Å². The number of nitrogens with zero attached hydrogens (tertiary/aromatic N) is 1. The number of aromatic amines is 1. The average molecular weight is 296 g/mol. The lowest BCUT2D eigenvalue weighted by Gasteiger charge is -2.04. The molecule has 21 heavy (non-hydrogen) atoms. The molecule has 0 aliphatic heterocycles. The summed E-state index contributed by atoms with van der Waals surface area (Å²) in [5.41, 5.74) is 1.98. The fraction of sp³-hybridized carbons (Fsp3) is 0.0625. The Labute approximate surface area is 122 Å². The minimum Gasteiger partial charge on any atom is -0.359 e. The second-order valence-electron chi connectivity index (χ2n) is 4.81. The number of hydrogen-bond donors (Lipinski definition) is 1. The van der Waals surface area contributed by atoms with Crippen molar-refractivity contribution in [2.45, 2.75) is 16.7 Å². The van der Waals surface area contributed by atoms with Gasteiger partial charge in [0, 0.05) is 11.6 Å². The molecule has 0 amide bonds. The number of fused-ring (bicyclic) bond motifs is 1. The molecule has 0 radical (unpaired) electrons. The van der Waals surface area contributed by atoms with Gasteiger partial charge in [0.2, 0.25) is 9.84 Å². The van der Waals surface area contributed by atoms with Crippen molar-refractivity contribution < 1.29 is 8.42 Å². The number of sulfone groups is 1. The summed E-state index contributed by atoms with van der Waals surface area (Å²) in [5, 5.41) is 9.61. The van der Waals surface area contributed by atoms with Crippen molar-refractivity contribution in [3.05, 3.63) is 59.8 Å². The predicted molar refractivity (Wildman–Crippen MR) is 79.6 cm³/mol. The highest BCUT2D eigenvalue weighted by molar-refractivity contribution is 7.91. The van der Waals surface area contributed by atoms with Gasteiger partial charge in [0.1, 0.15) is 6.07 Å². The lowest BCUT2D eigenvalue weighted by atomic mass is 10.2. The molecular weight excluding hydrogens is 284 g/mol. The zero-order chi connectivity index (χ0) is 15.0. The van der Waals surface area contributed by atoms with E-state index in [0.29, 0.717) is 16.5 Å². The zero-order valence-corrected chi connectivity index (χ0v) is 12.1. The van der Waals surface area contributed by atoms with Crippen molar-refractivity contribution in [2.24, 2.45) is 0 Å². The van der Waals surface area contributed by atoms with Gasteiger partial charge in [-0.05, 0) is 25.1 Å². The van der Waals surface area contributed by atoms with Gasteiger partial charge in [-0.25, -0.2) is 8.42 Å². The van der Waals surface area contributed by atoms with Crippen molar-refractivity contribution in [2.75, 3.05) is 0 Å². The molecule has 0 saturated heterocycles. The Morgan fingerprint density at radius 1 is 1.10 bits per heavy atom. The van der Waals surface area contributed by atoms with Gasteiger partial charge in [0.15, 0.2) is 0 Å². The highest BCUT2D eigenvalue weighted by Crippen LogP contribution is 2.29. The summed E-state index contributed by atoms with van der Waals surface area (Å²) in [6, 6.07) is 13.8. The van der Waals surface area contributed by atoms with Crippen LogP contribution < -0.4 is 0 Å². The van der Waals surface area contributed by atoms with Crippen LogP contribution in [0.25, 0.3) is 10.9 Å². The number of H-pyrrole nitrogens is 1. The summed E-state index contributed by atoms with van der Waals surface area (Å²) in [6.07, 6.45) is 1.45. The third-order valence-electron chi connectivity index (χ3n) is 3.42. The molecule has 0 spiro atoms. The number of nitriles is 1. The summed E-state index contributed by atoms with van der Waals surface area (Å²) >= 11 is 0. The minimum absolute atomic E-state index is 0.193. The molecule has 1 aromatic heterocycles. The second kappa shape index (κ2) is 4.76. The maximum absolute atomic E-state index is 12.7. The first-order chi connectivity index (χ1) is 10.0. The molecule has 0 aliphatic carbocycles. The Balaban J connectivity index is 2.25. The molecule has 4 nitrogen and oxygen atoms in total. The van der Waals surface area contributed by atoms with Crippen LogP contribution in [-0.4, -0.2) is 13.4 Å². The van der Waals surface area contributed by atoms with Crippen molar-refractivity contribution in [1.82, 2.24) is 4.98 Å². The van der Waals surface area contributed by atoms with Gasteiger partial charge in [0.25, 0.3) is 0 Å². The van der Waals surface area contributed by atoms with Crippen LogP contribution in [0.4, 0.5) is 0 Å². The zero-order valence-electron chi connectivity index (χ0n) is 11.3. The van der Waals surface area contributed by atoms with Gasteiger partial charge >= 0.3 is 0 Å². The Kier molecular flexibility index (Phi) is 3.04. The highest BCUT2D eigenvalue weighted by atomic mass is 32.2. The van der Waals surface area contributed by atoms with E-state index in [-0.39, 0.29) is 9.79 Å². The molecule has 0 atom stereocenters. The van der Waals surface area contributed by atoms with Crippen LogP contribution in [-0.2, 0) is 9.84 Å². The topological polar surface area (TPSA) is 73.7 Å². The first kappa shape index (κ1) is 13.4. The quantitative estimate of drug-likeness (QED) is 0.789. The molecule has 0 saturated carbocycles. The number of hydrogen-bond acceptors (Lipinski definition) is 3. The molecule has 5 heteroatoms. The van der Waals surface area contributed by atoms with Crippen LogP contribution in [0.2, 0.25) is 0 Å². The summed E-state index contributed by atoms with van der Waals surface area (Å²) in [4.78, 5) is 3.33. The van der Waals surface area contributed by atoms with E-state index in [4.69, 9.17) is 5.26 Å². The van der Waals surface area contributed by atoms with E-state index in [1.54, 1.807) is 42.5 Å². The smallest absolute Gasteiger partial charge is 0.208 e. The average Bonchev–Trinajstić information content (AvgIpc) is 2.92. The van der Waals surface area contributed by atoms with E-state index in [2.05, 4.69) is 11.1 Å². The Hall–Kier alpha value is -2.58. The van der Waals surface area contributed by atoms with Crippen LogP contribution >= 0.6 is 0 Å². The van der Waals surface area contributed by atoms with Crippen LogP contribution in [0.15, 0.2) is 58.5 Å². The van der Waals surface area contributed by atoms with E-state index in [0.717, 1.165) is 5.56 Å². The van der Waals surface area contributed by atoms with E-state index in [1.807, 2.05) is 6.92 Å². The van der Waals surface area contributed by atoms with Gasteiger partial charge in [-0.3, -0.25) is 0 Å². The predicted octanol–water partition coefficient (Wildman–Crippen LogP) is 3.18. The normalized spacial score (nSPS) is 11.4. The van der Waals surface area contributed by atoms with Gasteiger partial charge < -0.3 is 4.98 Å². The second-order valence-corrected chi connectivity index (χ2v) is 6.73. The molecule has 1 heterocycles. The van der Waals surface area contributed by atoms with Gasteiger partial charge in [-0.2, -0.15) is 5.26 Å². The third-order valence-corrected chi connectivity index (χ3v) is 5.23. The molecule has 0 unspecified atom stereocenters. The molecule has 3 rings (SSSR count). The monoisotopic (exact) mass is 296 g/mol. The summed E-state index contributed by atoms with van der Waals surface area (Å²) in [6.45, 7) is 1.90. The lowest BCUT2D eigenvalue weighted by molar-refractivity contribution is 0.597. The highest BCUT2D eigenvalue weighted by Gasteiger charge is 2.22. The Bertz CT molecular complexity index is 962. The van der Waals surface area contributed by atoms with E-state index >= 15 is 0 Å². The van der Waals surface area contributed by atoms with Gasteiger partial charge in [0.05, 0.1) is 20.9 Å². The molecule has 104 valence electrons. The largest absolute Gasteiger partial charge is 0.359 e. The van der Waals surface area contributed by atoms with Crippen molar-refractivity contribution in [3.63, 3.8) is 0 Å². The van der Waals surface area contributed by atoms with E-state index < -0.39 is 9.84 Å². The van der Waals surface area contributed by atoms with Crippen LogP contribution in [0.1, 0.15) is 11.1 Å². The minimum atomic E-state index is -3.60. The number of aromatic nitrogens is 1. The van der Waals surface area contributed by atoms with Crippen LogP contribution in [0.5, 0.6) is 0 Å². The molecule has 0 bridgehead atoms. The maximum atomic E-state index is 12.7. The Morgan fingerprint density at radius 2 is 1.81 bits per heavy atom. The molecular formula is C16H12N2O2S. The van der Waals surface area contributed by atoms with Crippen molar-refractivity contribution in [3.8, 4) is 6.07 Å². The molecule has 0 aliphatic rings. The maximum Gasteiger partial charge on any atom is 0.208 e. The molecule has 0 fully saturated rings. The summed E-state index contributed by atoms with van der Waals surface area (Å²) < 4.78 is 25.4. The lowest BCUT2D eigenvalue weighted by Crippen LogP contribution is -2.01. The number of rotatable bonds is 2. The SMILES string of the molecule is Cc1ccc(S(=O)(=O)c2c[nH]c3c(C#N)cccc23)cc1. The molecule has 2 aromatic carbocycles. The number of para-hydroxylation sites is 1. The Morgan fingerprint density at radius 3 is 2.48 bits per heavy atom. The standard InChI is InChI=1S/C16H12N2O2S/c1-11-5-7-13(8-6-11)21(19,20)15-10-18-16-12(9-17)3-2-4-14(15)16/h2-8,10,18H,1H3. The van der Waals surface area contributed by atoms with Gasteiger partial charge in [-0.1, -0.05) is 29.8 Å². The first-order valence-corrected chi connectivity index (χ1v) is 7.84. The van der Waals surface area contributed by atoms with Gasteiger partial charge in [-0.15, -0.1) is 0 Å². The fourth-order valence-electron chi connectivity index (χ4n) is 2.29. The number of benzene rings is 2. The molecule has 3 aromatic rings. The van der Waals surface area contributed by atoms with E-state index in [9.17, 15) is 8.42 Å². The molecule has 1 N–H and O–H groups in total. The number of nitrogens with one attached hydrogen (secondary N) is 1. The third kappa shape index (κ3) is 2.10. The summed E-state index contributed by atoms with van der Waals surface area (Å²) in [7, 11) is -3.60. The fourth-order valence-corrected chi connectivity index (χ4v) is 3.71. The van der Waals surface area contributed by atoms with Crippen molar-refractivity contribution in [1.29, 1.82) is 5.26 Å². The first-order valence-electron chi connectivity index (χ1n) is 6.36. The van der Waals surface area contributed by atoms with E-state index in [1.165, 1.54) is 6.20 Å². The summed E-state index contributed by atoms with van der Waals surface area (Å²) in [5.74, 6) is 0. The number of aryl methyl sites for hydroxylation is 1. The van der Waals surface area contributed by atoms with Crippen LogP contribution in [0.3, 0.4) is 0 Å².